The number of aromatic amines is 1. The summed E-state index contributed by atoms with van der Waals surface area (Å²) in [5.41, 5.74) is -0.591. The third kappa shape index (κ3) is 5.59. The van der Waals surface area contributed by atoms with Crippen molar-refractivity contribution in [2.24, 2.45) is 16.8 Å². The fourth-order valence-corrected chi connectivity index (χ4v) is 4.39. The maximum absolute atomic E-state index is 13.4. The van der Waals surface area contributed by atoms with E-state index in [1.807, 2.05) is 13.0 Å². The van der Waals surface area contributed by atoms with Crippen molar-refractivity contribution in [1.82, 2.24) is 15.2 Å². The number of allylic oxidation sites excluding steroid dienone is 4. The largest absolute Gasteiger partial charge is 0.505 e. The molecule has 1 aliphatic carbocycles. The number of rotatable bonds is 9. The Hall–Kier alpha value is -2.78. The summed E-state index contributed by atoms with van der Waals surface area (Å²) in [7, 11) is 1.38. The lowest BCUT2D eigenvalue weighted by molar-refractivity contribution is -0.0405. The maximum atomic E-state index is 13.4. The first-order chi connectivity index (χ1) is 15.8. The predicted molar refractivity (Wildman–Crippen MR) is 126 cm³/mol. The lowest BCUT2D eigenvalue weighted by atomic mass is 9.84. The van der Waals surface area contributed by atoms with E-state index in [-0.39, 0.29) is 35.0 Å². The molecule has 0 fully saturated rings. The minimum atomic E-state index is -0.700. The highest BCUT2D eigenvalue weighted by Gasteiger charge is 2.35. The second kappa shape index (κ2) is 10.9. The van der Waals surface area contributed by atoms with Crippen LogP contribution in [0.5, 0.6) is 5.75 Å². The van der Waals surface area contributed by atoms with Crippen LogP contribution in [-0.4, -0.2) is 59.9 Å². The molecule has 4 atom stereocenters. The topological polar surface area (TPSA) is 107 Å². The van der Waals surface area contributed by atoms with Crippen LogP contribution in [0.1, 0.15) is 55.8 Å². The highest BCUT2D eigenvalue weighted by atomic mass is 19.1. The molecule has 0 spiro atoms. The van der Waals surface area contributed by atoms with Gasteiger partial charge in [0.1, 0.15) is 23.2 Å². The summed E-state index contributed by atoms with van der Waals surface area (Å²) in [6.45, 7) is 8.60. The van der Waals surface area contributed by atoms with Crippen molar-refractivity contribution in [1.29, 1.82) is 0 Å². The molecule has 2 heterocycles. The zero-order chi connectivity index (χ0) is 24.1. The quantitative estimate of drug-likeness (QED) is 0.524. The summed E-state index contributed by atoms with van der Waals surface area (Å²) in [5.74, 6) is -1.51. The minimum Gasteiger partial charge on any atom is -0.505 e. The Morgan fingerprint density at radius 1 is 1.42 bits per heavy atom. The van der Waals surface area contributed by atoms with Crippen LogP contribution in [-0.2, 0) is 4.74 Å². The number of ether oxygens (including phenoxy) is 1. The van der Waals surface area contributed by atoms with Crippen LogP contribution in [0.4, 0.5) is 10.1 Å². The van der Waals surface area contributed by atoms with E-state index in [0.717, 1.165) is 13.1 Å². The molecule has 0 saturated carbocycles. The van der Waals surface area contributed by atoms with Gasteiger partial charge in [0, 0.05) is 25.7 Å². The molecule has 1 amide bonds. The standard InChI is InChI=1S/C24H33FN4O4/c1-5-29(6-2)13-14(3)33-22-16(11-15-7-9-17(25)10-8-15)12-27-19-20(22)28-24(32)18(21(19)30)23(31)26-4/h7,9-10,12,14-16,22H,5-6,8,11,13H2,1-4H3,(H,26,31)(H2,28,30,32). The average Bonchev–Trinajstić information content (AvgIpc) is 2.80. The summed E-state index contributed by atoms with van der Waals surface area (Å²) < 4.78 is 19.8. The van der Waals surface area contributed by atoms with Crippen molar-refractivity contribution in [2.45, 2.75) is 45.8 Å². The third-order valence-corrected chi connectivity index (χ3v) is 6.22. The number of aromatic nitrogens is 1. The number of carbonyl (C=O) groups is 1. The summed E-state index contributed by atoms with van der Waals surface area (Å²) in [4.78, 5) is 34.2. The van der Waals surface area contributed by atoms with Crippen LogP contribution < -0.4 is 10.9 Å². The number of hydrogen-bond donors (Lipinski definition) is 3. The van der Waals surface area contributed by atoms with Gasteiger partial charge in [0.05, 0.1) is 11.8 Å². The van der Waals surface area contributed by atoms with Crippen LogP contribution in [0.25, 0.3) is 0 Å². The number of hydrogen-bond acceptors (Lipinski definition) is 6. The summed E-state index contributed by atoms with van der Waals surface area (Å²) in [6.07, 6.45) is 7.01. The number of fused-ring (bicyclic) bond motifs is 1. The van der Waals surface area contributed by atoms with Crippen molar-refractivity contribution in [3.05, 3.63) is 45.7 Å². The number of nitrogens with zero attached hydrogens (tertiary/aromatic N) is 2. The number of amides is 1. The summed E-state index contributed by atoms with van der Waals surface area (Å²) in [6, 6.07) is 0. The monoisotopic (exact) mass is 460 g/mol. The van der Waals surface area contributed by atoms with Crippen molar-refractivity contribution >= 4 is 17.8 Å². The number of carbonyl (C=O) groups excluding carboxylic acids is 1. The number of likely N-dealkylation sites (N-methyl/N-ethyl adjacent to an activating group) is 1. The Morgan fingerprint density at radius 3 is 2.76 bits per heavy atom. The van der Waals surface area contributed by atoms with Gasteiger partial charge < -0.3 is 25.0 Å². The molecule has 1 aromatic heterocycles. The Kier molecular flexibility index (Phi) is 8.20. The fourth-order valence-electron chi connectivity index (χ4n) is 4.39. The van der Waals surface area contributed by atoms with E-state index < -0.39 is 23.3 Å². The van der Waals surface area contributed by atoms with Crippen molar-refractivity contribution in [3.63, 3.8) is 0 Å². The molecule has 180 valence electrons. The van der Waals surface area contributed by atoms with Gasteiger partial charge in [-0.2, -0.15) is 0 Å². The van der Waals surface area contributed by atoms with Crippen LogP contribution in [0.3, 0.4) is 0 Å². The summed E-state index contributed by atoms with van der Waals surface area (Å²) in [5, 5.41) is 13.1. The van der Waals surface area contributed by atoms with E-state index >= 15 is 0 Å². The molecule has 4 unspecified atom stereocenters. The Labute approximate surface area is 193 Å². The summed E-state index contributed by atoms with van der Waals surface area (Å²) >= 11 is 0. The van der Waals surface area contributed by atoms with Gasteiger partial charge in [0.15, 0.2) is 5.75 Å². The SMILES string of the molecule is CCN(CC)CC(C)OC1c2[nH]c(=O)c(C(=O)NC)c(O)c2N=CC1CC1C=CC(F)=CC1. The molecule has 1 aromatic rings. The van der Waals surface area contributed by atoms with E-state index in [0.29, 0.717) is 25.1 Å². The molecule has 9 heteroatoms. The van der Waals surface area contributed by atoms with Gasteiger partial charge in [-0.3, -0.25) is 14.6 Å². The van der Waals surface area contributed by atoms with Crippen molar-refractivity contribution < 1.29 is 19.0 Å². The van der Waals surface area contributed by atoms with Crippen molar-refractivity contribution in [3.8, 4) is 5.75 Å². The molecular formula is C24H33FN4O4. The zero-order valence-corrected chi connectivity index (χ0v) is 19.6. The van der Waals surface area contributed by atoms with Gasteiger partial charge in [-0.1, -0.05) is 19.9 Å². The van der Waals surface area contributed by atoms with Crippen LogP contribution in [0.15, 0.2) is 33.8 Å². The molecule has 2 aliphatic rings. The molecule has 8 nitrogen and oxygen atoms in total. The van der Waals surface area contributed by atoms with Gasteiger partial charge in [0.25, 0.3) is 11.5 Å². The highest BCUT2D eigenvalue weighted by Crippen LogP contribution is 2.44. The number of aromatic hydroxyl groups is 1. The first-order valence-electron chi connectivity index (χ1n) is 11.5. The van der Waals surface area contributed by atoms with E-state index in [9.17, 15) is 19.1 Å². The predicted octanol–water partition coefficient (Wildman–Crippen LogP) is 3.38. The maximum Gasteiger partial charge on any atom is 0.265 e. The van der Waals surface area contributed by atoms with Crippen LogP contribution >= 0.6 is 0 Å². The molecular weight excluding hydrogens is 427 g/mol. The third-order valence-electron chi connectivity index (χ3n) is 6.22. The molecule has 1 aliphatic heterocycles. The Balaban J connectivity index is 1.96. The van der Waals surface area contributed by atoms with E-state index in [1.165, 1.54) is 13.1 Å². The van der Waals surface area contributed by atoms with Gasteiger partial charge >= 0.3 is 0 Å². The molecule has 0 radical (unpaired) electrons. The zero-order valence-electron chi connectivity index (χ0n) is 19.6. The van der Waals surface area contributed by atoms with E-state index in [2.05, 4.69) is 34.0 Å². The normalized spacial score (nSPS) is 22.7. The molecule has 3 rings (SSSR count). The fraction of sp³-hybridized carbons (Fsp3) is 0.542. The second-order valence-corrected chi connectivity index (χ2v) is 8.49. The molecule has 33 heavy (non-hydrogen) atoms. The number of aliphatic imine (C=N–C) groups is 1. The van der Waals surface area contributed by atoms with Gasteiger partial charge in [-0.05, 0) is 50.9 Å². The lowest BCUT2D eigenvalue weighted by Gasteiger charge is -2.34. The van der Waals surface area contributed by atoms with Crippen LogP contribution in [0, 0.1) is 11.8 Å². The molecule has 3 N–H and O–H groups in total. The number of halogens is 1. The van der Waals surface area contributed by atoms with Gasteiger partial charge in [-0.15, -0.1) is 0 Å². The van der Waals surface area contributed by atoms with E-state index in [1.54, 1.807) is 12.3 Å². The van der Waals surface area contributed by atoms with Gasteiger partial charge in [0.2, 0.25) is 0 Å². The minimum absolute atomic E-state index is 0.0946. The smallest absolute Gasteiger partial charge is 0.265 e. The highest BCUT2D eigenvalue weighted by molar-refractivity contribution is 5.98. The average molecular weight is 461 g/mol. The molecule has 0 aromatic carbocycles. The molecule has 0 saturated heterocycles. The Morgan fingerprint density at radius 2 is 2.15 bits per heavy atom. The van der Waals surface area contributed by atoms with Crippen molar-refractivity contribution in [2.75, 3.05) is 26.7 Å². The number of pyridine rings is 1. The number of nitrogens with one attached hydrogen (secondary N) is 2. The molecule has 0 bridgehead atoms. The number of H-pyrrole nitrogens is 1. The second-order valence-electron chi connectivity index (χ2n) is 8.49. The first-order valence-corrected chi connectivity index (χ1v) is 11.5. The first kappa shape index (κ1) is 24.9. The van der Waals surface area contributed by atoms with Gasteiger partial charge in [-0.25, -0.2) is 4.39 Å². The lowest BCUT2D eigenvalue weighted by Crippen LogP contribution is -2.36. The Bertz CT molecular complexity index is 1010. The van der Waals surface area contributed by atoms with Crippen LogP contribution in [0.2, 0.25) is 0 Å². The van der Waals surface area contributed by atoms with E-state index in [4.69, 9.17) is 4.74 Å².